The Morgan fingerprint density at radius 2 is 1.70 bits per heavy atom. The molecule has 0 radical (unpaired) electrons. The number of amides is 1. The molecule has 2 aliphatic heterocycles. The summed E-state index contributed by atoms with van der Waals surface area (Å²) in [7, 11) is 0. The van der Waals surface area contributed by atoms with Crippen molar-refractivity contribution in [3.8, 4) is 0 Å². The molecule has 2 aromatic rings. The van der Waals surface area contributed by atoms with Crippen molar-refractivity contribution in [1.82, 2.24) is 24.3 Å². The van der Waals surface area contributed by atoms with Gasteiger partial charge in [0.2, 0.25) is 5.91 Å². The minimum absolute atomic E-state index is 0.163. The quantitative estimate of drug-likeness (QED) is 0.456. The van der Waals surface area contributed by atoms with E-state index in [0.717, 1.165) is 50.8 Å². The van der Waals surface area contributed by atoms with Crippen LogP contribution in [0.15, 0.2) is 37.1 Å². The van der Waals surface area contributed by atoms with Gasteiger partial charge in [-0.3, -0.25) is 14.7 Å². The number of carbonyl (C=O) groups excluding carboxylic acids is 1. The molecule has 2 N–H and O–H groups in total. The first-order valence-corrected chi connectivity index (χ1v) is 13.5. The third-order valence-corrected chi connectivity index (χ3v) is 7.52. The number of imidazole rings is 1. The van der Waals surface area contributed by atoms with Crippen molar-refractivity contribution in [2.24, 2.45) is 11.3 Å². The van der Waals surface area contributed by atoms with Gasteiger partial charge in [0.1, 0.15) is 0 Å². The Bertz CT molecular complexity index is 1240. The lowest BCUT2D eigenvalue weighted by Crippen LogP contribution is -2.40. The van der Waals surface area contributed by atoms with E-state index in [0.29, 0.717) is 11.9 Å². The number of likely N-dealkylation sites (tertiary alicyclic amines) is 2. The largest absolute Gasteiger partial charge is 0.490 e. The van der Waals surface area contributed by atoms with Gasteiger partial charge in [0, 0.05) is 63.3 Å². The maximum atomic E-state index is 13.7. The van der Waals surface area contributed by atoms with E-state index in [2.05, 4.69) is 45.5 Å². The van der Waals surface area contributed by atoms with Gasteiger partial charge in [0.05, 0.1) is 17.4 Å². The van der Waals surface area contributed by atoms with Crippen molar-refractivity contribution in [3.63, 3.8) is 0 Å². The van der Waals surface area contributed by atoms with Gasteiger partial charge < -0.3 is 19.7 Å². The van der Waals surface area contributed by atoms with Crippen LogP contribution in [0.25, 0.3) is 0 Å². The first-order chi connectivity index (χ1) is 19.9. The molecule has 0 aromatic carbocycles. The van der Waals surface area contributed by atoms with E-state index in [1.165, 1.54) is 18.4 Å². The summed E-state index contributed by atoms with van der Waals surface area (Å²) in [5.41, 5.74) is 1.96. The highest BCUT2D eigenvalue weighted by Gasteiger charge is 2.58. The highest BCUT2D eigenvalue weighted by atomic mass is 19.4. The van der Waals surface area contributed by atoms with Crippen LogP contribution in [0.2, 0.25) is 0 Å². The molecule has 1 aliphatic carbocycles. The molecule has 16 heteroatoms. The zero-order chi connectivity index (χ0) is 32.2. The van der Waals surface area contributed by atoms with Crippen LogP contribution < -0.4 is 0 Å². The van der Waals surface area contributed by atoms with Crippen LogP contribution in [0.5, 0.6) is 0 Å². The Balaban J connectivity index is 0.000000303. The Labute approximate surface area is 243 Å². The lowest BCUT2D eigenvalue weighted by Gasteiger charge is -2.28. The summed E-state index contributed by atoms with van der Waals surface area (Å²) >= 11 is 0. The average molecular weight is 622 g/mol. The van der Waals surface area contributed by atoms with Gasteiger partial charge in [-0.2, -0.15) is 26.3 Å². The molecular weight excluding hydrogens is 588 g/mol. The second-order valence-corrected chi connectivity index (χ2v) is 11.1. The molecule has 3 aliphatic rings. The molecule has 2 aromatic heterocycles. The summed E-state index contributed by atoms with van der Waals surface area (Å²) in [5.74, 6) is -4.25. The molecule has 4 heterocycles. The number of rotatable bonds is 6. The molecule has 2 saturated heterocycles. The summed E-state index contributed by atoms with van der Waals surface area (Å²) < 4.78 is 65.6. The zero-order valence-corrected chi connectivity index (χ0v) is 23.5. The number of nitrogens with zero attached hydrogens (tertiary/aromatic N) is 5. The van der Waals surface area contributed by atoms with Crippen molar-refractivity contribution in [2.75, 3.05) is 26.2 Å². The Morgan fingerprint density at radius 1 is 1.09 bits per heavy atom. The number of carboxylic acid groups (broad SMARTS) is 2. The van der Waals surface area contributed by atoms with Gasteiger partial charge in [-0.1, -0.05) is 6.07 Å². The van der Waals surface area contributed by atoms with Crippen molar-refractivity contribution >= 4 is 17.8 Å². The second kappa shape index (κ2) is 13.3. The first-order valence-electron chi connectivity index (χ1n) is 13.5. The van der Waals surface area contributed by atoms with Crippen molar-refractivity contribution in [3.05, 3.63) is 48.3 Å². The predicted octanol–water partition coefficient (Wildman–Crippen LogP) is 4.35. The standard InChI is InChI=1S/C23H31N5O.2C2HF3O2/c1-17(2)28-14-21(25-16-28)20-13-26(11-19-4-3-8-24-10-19)15-23(20)7-9-27(22(23)29)12-18-5-6-18;2*3-2(4,5)1(6)7/h3-4,8,10,14,16-18,20H,5-7,9,11-13,15H2,1-2H3;2*(H,6,7). The molecule has 5 rings (SSSR count). The minimum Gasteiger partial charge on any atom is -0.475 e. The number of pyridine rings is 1. The molecule has 238 valence electrons. The summed E-state index contributed by atoms with van der Waals surface area (Å²) in [6.45, 7) is 8.74. The summed E-state index contributed by atoms with van der Waals surface area (Å²) in [6, 6.07) is 4.49. The average Bonchev–Trinajstić information content (AvgIpc) is 3.32. The SMILES string of the molecule is CC(C)n1cnc(C2CN(Cc3cccnc3)CC23CCN(CC2CC2)C3=O)c1.O=C(O)C(F)(F)F.O=C(O)C(F)(F)F. The minimum atomic E-state index is -5.08. The van der Waals surface area contributed by atoms with Crippen LogP contribution >= 0.6 is 0 Å². The summed E-state index contributed by atoms with van der Waals surface area (Å²) in [5, 5.41) is 14.2. The van der Waals surface area contributed by atoms with Crippen LogP contribution in [0, 0.1) is 11.3 Å². The fourth-order valence-corrected chi connectivity index (χ4v) is 5.18. The number of aromatic nitrogens is 3. The van der Waals surface area contributed by atoms with E-state index in [4.69, 9.17) is 24.8 Å². The third-order valence-electron chi connectivity index (χ3n) is 7.52. The first kappa shape index (κ1) is 33.8. The molecule has 10 nitrogen and oxygen atoms in total. The van der Waals surface area contributed by atoms with Gasteiger partial charge in [0.15, 0.2) is 0 Å². The lowest BCUT2D eigenvalue weighted by molar-refractivity contribution is -0.193. The van der Waals surface area contributed by atoms with Gasteiger partial charge in [-0.05, 0) is 50.7 Å². The van der Waals surface area contributed by atoms with Crippen LogP contribution in [-0.2, 0) is 20.9 Å². The van der Waals surface area contributed by atoms with Gasteiger partial charge in [-0.25, -0.2) is 14.6 Å². The third kappa shape index (κ3) is 8.91. The Kier molecular flexibility index (Phi) is 10.5. The molecular formula is C27H33F6N5O5. The van der Waals surface area contributed by atoms with E-state index in [1.54, 1.807) is 0 Å². The van der Waals surface area contributed by atoms with Gasteiger partial charge in [-0.15, -0.1) is 0 Å². The van der Waals surface area contributed by atoms with Crippen LogP contribution in [0.1, 0.15) is 56.3 Å². The smallest absolute Gasteiger partial charge is 0.475 e. The Hall–Kier alpha value is -3.69. The monoisotopic (exact) mass is 621 g/mol. The van der Waals surface area contributed by atoms with Gasteiger partial charge >= 0.3 is 24.3 Å². The number of hydrogen-bond donors (Lipinski definition) is 2. The number of carbonyl (C=O) groups is 3. The zero-order valence-electron chi connectivity index (χ0n) is 23.5. The predicted molar refractivity (Wildman–Crippen MR) is 139 cm³/mol. The van der Waals surface area contributed by atoms with Crippen LogP contribution in [0.4, 0.5) is 26.3 Å². The van der Waals surface area contributed by atoms with E-state index >= 15 is 0 Å². The van der Waals surface area contributed by atoms with Crippen molar-refractivity contribution in [1.29, 1.82) is 0 Å². The van der Waals surface area contributed by atoms with Crippen LogP contribution in [-0.4, -0.2) is 90.9 Å². The van der Waals surface area contributed by atoms with E-state index in [9.17, 15) is 31.1 Å². The Morgan fingerprint density at radius 3 is 2.16 bits per heavy atom. The second-order valence-electron chi connectivity index (χ2n) is 11.1. The number of carboxylic acids is 2. The van der Waals surface area contributed by atoms with E-state index in [-0.39, 0.29) is 11.3 Å². The molecule has 2 unspecified atom stereocenters. The number of aliphatic carboxylic acids is 2. The molecule has 1 amide bonds. The van der Waals surface area contributed by atoms with Crippen LogP contribution in [0.3, 0.4) is 0 Å². The molecule has 0 bridgehead atoms. The number of alkyl halides is 6. The molecule has 1 saturated carbocycles. The molecule has 2 atom stereocenters. The molecule has 1 spiro atoms. The van der Waals surface area contributed by atoms with Crippen molar-refractivity contribution < 1.29 is 50.9 Å². The van der Waals surface area contributed by atoms with E-state index < -0.39 is 24.3 Å². The maximum Gasteiger partial charge on any atom is 0.490 e. The normalized spacial score (nSPS) is 22.3. The van der Waals surface area contributed by atoms with Gasteiger partial charge in [0.25, 0.3) is 0 Å². The molecule has 3 fully saturated rings. The molecule has 43 heavy (non-hydrogen) atoms. The van der Waals surface area contributed by atoms with E-state index in [1.807, 2.05) is 24.8 Å². The maximum absolute atomic E-state index is 13.7. The topological polar surface area (TPSA) is 129 Å². The summed E-state index contributed by atoms with van der Waals surface area (Å²) in [6.07, 6.45) is 1.19. The fraction of sp³-hybridized carbons (Fsp3) is 0.593. The summed E-state index contributed by atoms with van der Waals surface area (Å²) in [4.78, 5) is 45.1. The van der Waals surface area contributed by atoms with Crippen molar-refractivity contribution in [2.45, 2.75) is 64.0 Å². The highest BCUT2D eigenvalue weighted by Crippen LogP contribution is 2.50. The number of hydrogen-bond acceptors (Lipinski definition) is 6. The lowest BCUT2D eigenvalue weighted by atomic mass is 9.75. The number of halogens is 6. The fourth-order valence-electron chi connectivity index (χ4n) is 5.18. The highest BCUT2D eigenvalue weighted by molar-refractivity contribution is 5.87.